The van der Waals surface area contributed by atoms with Crippen LogP contribution in [0.1, 0.15) is 23.0 Å². The van der Waals surface area contributed by atoms with E-state index in [9.17, 15) is 14.9 Å². The molecule has 0 aliphatic carbocycles. The molecule has 0 saturated carbocycles. The number of rotatable bonds is 5. The Kier molecular flexibility index (Phi) is 4.73. The summed E-state index contributed by atoms with van der Waals surface area (Å²) in [6.07, 6.45) is 1.12. The Hall–Kier alpha value is -2.02. The van der Waals surface area contributed by atoms with Crippen molar-refractivity contribution in [2.75, 3.05) is 19.7 Å². The quantitative estimate of drug-likeness (QED) is 0.617. The largest absolute Gasteiger partial charge is 0.395 e. The van der Waals surface area contributed by atoms with E-state index in [1.807, 2.05) is 0 Å². The standard InChI is InChI=1S/C11H15N3O4/c1-3-13(4-5-15)11(16)10-6-9(14(17)18)7-12-8(10)2/h6-7,15H,3-5H2,1-2H3. The molecule has 18 heavy (non-hydrogen) atoms. The Bertz CT molecular complexity index is 462. The van der Waals surface area contributed by atoms with E-state index >= 15 is 0 Å². The van der Waals surface area contributed by atoms with Gasteiger partial charge in [0.1, 0.15) is 6.20 Å². The Morgan fingerprint density at radius 1 is 1.61 bits per heavy atom. The van der Waals surface area contributed by atoms with Crippen LogP contribution in [0.3, 0.4) is 0 Å². The van der Waals surface area contributed by atoms with Crippen LogP contribution in [0.15, 0.2) is 12.3 Å². The van der Waals surface area contributed by atoms with Gasteiger partial charge in [-0.1, -0.05) is 0 Å². The third kappa shape index (κ3) is 3.01. The molecule has 0 saturated heterocycles. The van der Waals surface area contributed by atoms with Crippen LogP contribution < -0.4 is 0 Å². The van der Waals surface area contributed by atoms with Crippen molar-refractivity contribution in [2.45, 2.75) is 13.8 Å². The Balaban J connectivity index is 3.10. The zero-order valence-electron chi connectivity index (χ0n) is 10.3. The van der Waals surface area contributed by atoms with Gasteiger partial charge in [0.05, 0.1) is 22.8 Å². The molecule has 1 aromatic rings. The van der Waals surface area contributed by atoms with Crippen LogP contribution in [0.25, 0.3) is 0 Å². The average molecular weight is 253 g/mol. The van der Waals surface area contributed by atoms with Crippen LogP contribution in [-0.2, 0) is 0 Å². The molecular formula is C11H15N3O4. The normalized spacial score (nSPS) is 10.2. The van der Waals surface area contributed by atoms with Crippen molar-refractivity contribution in [3.8, 4) is 0 Å². The molecule has 1 amide bonds. The molecule has 0 fully saturated rings. The zero-order chi connectivity index (χ0) is 13.7. The van der Waals surface area contributed by atoms with Gasteiger partial charge in [0.15, 0.2) is 0 Å². The topological polar surface area (TPSA) is 96.6 Å². The summed E-state index contributed by atoms with van der Waals surface area (Å²) in [5.41, 5.74) is 0.408. The van der Waals surface area contributed by atoms with Gasteiger partial charge in [0, 0.05) is 19.2 Å². The van der Waals surface area contributed by atoms with E-state index in [1.165, 1.54) is 11.0 Å². The predicted octanol–water partition coefficient (Wildman–Crippen LogP) is 0.753. The fourth-order valence-corrected chi connectivity index (χ4v) is 1.53. The first-order valence-electron chi connectivity index (χ1n) is 5.52. The number of amides is 1. The molecular weight excluding hydrogens is 238 g/mol. The van der Waals surface area contributed by atoms with E-state index in [0.29, 0.717) is 12.2 Å². The summed E-state index contributed by atoms with van der Waals surface area (Å²) < 4.78 is 0. The lowest BCUT2D eigenvalue weighted by Gasteiger charge is -2.20. The van der Waals surface area contributed by atoms with Crippen molar-refractivity contribution >= 4 is 11.6 Å². The van der Waals surface area contributed by atoms with Gasteiger partial charge in [-0.15, -0.1) is 0 Å². The van der Waals surface area contributed by atoms with Crippen LogP contribution in [0.5, 0.6) is 0 Å². The lowest BCUT2D eigenvalue weighted by atomic mass is 10.1. The fraction of sp³-hybridized carbons (Fsp3) is 0.455. The van der Waals surface area contributed by atoms with Crippen molar-refractivity contribution in [1.29, 1.82) is 0 Å². The summed E-state index contributed by atoms with van der Waals surface area (Å²) in [5, 5.41) is 19.5. The van der Waals surface area contributed by atoms with E-state index in [-0.39, 0.29) is 30.3 Å². The number of hydrogen-bond acceptors (Lipinski definition) is 5. The lowest BCUT2D eigenvalue weighted by molar-refractivity contribution is -0.385. The second kappa shape index (κ2) is 6.06. The van der Waals surface area contributed by atoms with Crippen molar-refractivity contribution < 1.29 is 14.8 Å². The third-order valence-corrected chi connectivity index (χ3v) is 2.55. The molecule has 0 bridgehead atoms. The van der Waals surface area contributed by atoms with Crippen molar-refractivity contribution in [2.24, 2.45) is 0 Å². The predicted molar refractivity (Wildman–Crippen MR) is 64.3 cm³/mol. The summed E-state index contributed by atoms with van der Waals surface area (Å²) >= 11 is 0. The first kappa shape index (κ1) is 14.0. The van der Waals surface area contributed by atoms with Gasteiger partial charge in [0.2, 0.25) is 0 Å². The molecule has 1 rings (SSSR count). The van der Waals surface area contributed by atoms with E-state index < -0.39 is 4.92 Å². The minimum atomic E-state index is -0.592. The molecule has 7 heteroatoms. The average Bonchev–Trinajstić information content (AvgIpc) is 2.35. The molecule has 0 radical (unpaired) electrons. The third-order valence-electron chi connectivity index (χ3n) is 2.55. The van der Waals surface area contributed by atoms with Gasteiger partial charge in [-0.05, 0) is 13.8 Å². The molecule has 0 aliphatic heterocycles. The number of nitro groups is 1. The highest BCUT2D eigenvalue weighted by Crippen LogP contribution is 2.16. The smallest absolute Gasteiger partial charge is 0.288 e. The van der Waals surface area contributed by atoms with Crippen LogP contribution >= 0.6 is 0 Å². The van der Waals surface area contributed by atoms with E-state index in [4.69, 9.17) is 5.11 Å². The summed E-state index contributed by atoms with van der Waals surface area (Å²) in [7, 11) is 0. The highest BCUT2D eigenvalue weighted by Gasteiger charge is 2.19. The van der Waals surface area contributed by atoms with Gasteiger partial charge in [-0.25, -0.2) is 0 Å². The number of pyridine rings is 1. The number of aliphatic hydroxyl groups excluding tert-OH is 1. The number of aliphatic hydroxyl groups is 1. The molecule has 0 atom stereocenters. The molecule has 0 aromatic carbocycles. The Labute approximate surface area is 104 Å². The van der Waals surface area contributed by atoms with Crippen LogP contribution in [-0.4, -0.2) is 45.5 Å². The van der Waals surface area contributed by atoms with Crippen LogP contribution in [0.4, 0.5) is 5.69 Å². The monoisotopic (exact) mass is 253 g/mol. The second-order valence-corrected chi connectivity index (χ2v) is 3.69. The van der Waals surface area contributed by atoms with Gasteiger partial charge in [-0.2, -0.15) is 0 Å². The van der Waals surface area contributed by atoms with Gasteiger partial charge in [0.25, 0.3) is 11.6 Å². The summed E-state index contributed by atoms with van der Waals surface area (Å²) in [6, 6.07) is 1.21. The minimum absolute atomic E-state index is 0.152. The number of hydrogen-bond donors (Lipinski definition) is 1. The van der Waals surface area contributed by atoms with Crippen LogP contribution in [0, 0.1) is 17.0 Å². The highest BCUT2D eigenvalue weighted by atomic mass is 16.6. The zero-order valence-corrected chi connectivity index (χ0v) is 10.3. The van der Waals surface area contributed by atoms with Crippen LogP contribution in [0.2, 0.25) is 0 Å². The molecule has 0 aliphatic rings. The molecule has 7 nitrogen and oxygen atoms in total. The van der Waals surface area contributed by atoms with E-state index in [1.54, 1.807) is 13.8 Å². The molecule has 0 spiro atoms. The molecule has 1 heterocycles. The number of carbonyl (C=O) groups is 1. The van der Waals surface area contributed by atoms with Crippen molar-refractivity contribution in [3.63, 3.8) is 0 Å². The van der Waals surface area contributed by atoms with E-state index in [2.05, 4.69) is 4.98 Å². The maximum absolute atomic E-state index is 12.1. The summed E-state index contributed by atoms with van der Waals surface area (Å²) in [4.78, 5) is 27.4. The second-order valence-electron chi connectivity index (χ2n) is 3.69. The SMILES string of the molecule is CCN(CCO)C(=O)c1cc([N+](=O)[O-])cnc1C. The minimum Gasteiger partial charge on any atom is -0.395 e. The Morgan fingerprint density at radius 2 is 2.28 bits per heavy atom. The number of carbonyl (C=O) groups excluding carboxylic acids is 1. The van der Waals surface area contributed by atoms with E-state index in [0.717, 1.165) is 6.20 Å². The van der Waals surface area contributed by atoms with Gasteiger partial charge < -0.3 is 10.0 Å². The Morgan fingerprint density at radius 3 is 2.78 bits per heavy atom. The lowest BCUT2D eigenvalue weighted by Crippen LogP contribution is -2.33. The van der Waals surface area contributed by atoms with Crippen molar-refractivity contribution in [1.82, 2.24) is 9.88 Å². The maximum Gasteiger partial charge on any atom is 0.288 e. The number of aromatic nitrogens is 1. The molecule has 1 aromatic heterocycles. The summed E-state index contributed by atoms with van der Waals surface area (Å²) in [5.74, 6) is -0.361. The fourth-order valence-electron chi connectivity index (χ4n) is 1.53. The number of aryl methyl sites for hydroxylation is 1. The van der Waals surface area contributed by atoms with Gasteiger partial charge in [-0.3, -0.25) is 19.9 Å². The highest BCUT2D eigenvalue weighted by molar-refractivity contribution is 5.95. The maximum atomic E-state index is 12.1. The molecule has 0 unspecified atom stereocenters. The van der Waals surface area contributed by atoms with Crippen molar-refractivity contribution in [3.05, 3.63) is 33.6 Å². The number of nitrogens with zero attached hydrogens (tertiary/aromatic N) is 3. The molecule has 98 valence electrons. The molecule has 1 N–H and O–H groups in total. The van der Waals surface area contributed by atoms with Gasteiger partial charge >= 0.3 is 0 Å². The first-order valence-corrected chi connectivity index (χ1v) is 5.52. The number of likely N-dealkylation sites (N-methyl/N-ethyl adjacent to an activating group) is 1. The summed E-state index contributed by atoms with van der Waals surface area (Å²) in [6.45, 7) is 3.84. The first-order chi connectivity index (χ1) is 8.51.